The molecule has 5 nitrogen and oxygen atoms in total. The van der Waals surface area contributed by atoms with E-state index in [1.54, 1.807) is 14.2 Å². The Kier molecular flexibility index (Phi) is 3.84. The molecule has 0 bridgehead atoms. The minimum Gasteiger partial charge on any atom is -0.497 e. The minimum atomic E-state index is 0.495. The molecule has 0 saturated heterocycles. The lowest BCUT2D eigenvalue weighted by Gasteiger charge is -2.06. The first-order valence-corrected chi connectivity index (χ1v) is 5.72. The molecule has 2 rings (SSSR count). The first-order valence-electron chi connectivity index (χ1n) is 5.72. The van der Waals surface area contributed by atoms with Gasteiger partial charge >= 0.3 is 0 Å². The maximum Gasteiger partial charge on any atom is 0.153 e. The van der Waals surface area contributed by atoms with Gasteiger partial charge in [-0.05, 0) is 17.7 Å². The van der Waals surface area contributed by atoms with Gasteiger partial charge in [0.15, 0.2) is 5.82 Å². The number of rotatable bonds is 5. The summed E-state index contributed by atoms with van der Waals surface area (Å²) in [5.74, 6) is 1.29. The number of hydrogen-bond acceptors (Lipinski definition) is 4. The molecule has 1 aromatic carbocycles. The van der Waals surface area contributed by atoms with E-state index in [2.05, 4.69) is 10.2 Å². The van der Waals surface area contributed by atoms with Crippen molar-refractivity contribution in [3.63, 3.8) is 0 Å². The van der Waals surface area contributed by atoms with Crippen LogP contribution in [0.25, 0.3) is 11.1 Å². The second-order valence-corrected chi connectivity index (χ2v) is 3.94. The highest BCUT2D eigenvalue weighted by Gasteiger charge is 2.13. The number of aromatic amines is 1. The van der Waals surface area contributed by atoms with Crippen LogP contribution in [0.3, 0.4) is 0 Å². The number of H-pyrrole nitrogens is 1. The predicted molar refractivity (Wildman–Crippen MR) is 70.6 cm³/mol. The van der Waals surface area contributed by atoms with Crippen LogP contribution in [0.15, 0.2) is 24.3 Å². The van der Waals surface area contributed by atoms with Gasteiger partial charge in [-0.3, -0.25) is 5.10 Å². The highest BCUT2D eigenvalue weighted by atomic mass is 16.5. The summed E-state index contributed by atoms with van der Waals surface area (Å²) < 4.78 is 10.3. The number of ether oxygens (including phenoxy) is 2. The largest absolute Gasteiger partial charge is 0.497 e. The summed E-state index contributed by atoms with van der Waals surface area (Å²) in [4.78, 5) is 0. The molecule has 96 valence electrons. The van der Waals surface area contributed by atoms with E-state index in [0.717, 1.165) is 29.0 Å². The summed E-state index contributed by atoms with van der Waals surface area (Å²) in [7, 11) is 3.31. The van der Waals surface area contributed by atoms with Crippen molar-refractivity contribution in [2.75, 3.05) is 26.6 Å². The van der Waals surface area contributed by atoms with Gasteiger partial charge in [-0.25, -0.2) is 0 Å². The number of hydrogen-bond donors (Lipinski definition) is 2. The summed E-state index contributed by atoms with van der Waals surface area (Å²) in [6.45, 7) is 0.624. The third-order valence-electron chi connectivity index (χ3n) is 2.78. The van der Waals surface area contributed by atoms with Gasteiger partial charge in [0.05, 0.1) is 13.7 Å². The zero-order chi connectivity index (χ0) is 13.0. The fourth-order valence-corrected chi connectivity index (χ4v) is 1.88. The van der Waals surface area contributed by atoms with E-state index in [1.807, 2.05) is 24.3 Å². The quantitative estimate of drug-likeness (QED) is 0.845. The Balaban J connectivity index is 2.38. The van der Waals surface area contributed by atoms with Crippen LogP contribution in [0.1, 0.15) is 5.69 Å². The Morgan fingerprint density at radius 1 is 1.33 bits per heavy atom. The summed E-state index contributed by atoms with van der Waals surface area (Å²) in [5, 5.41) is 7.01. The first kappa shape index (κ1) is 12.4. The van der Waals surface area contributed by atoms with E-state index >= 15 is 0 Å². The average Bonchev–Trinajstić information content (AvgIpc) is 2.77. The molecule has 0 amide bonds. The van der Waals surface area contributed by atoms with Crippen molar-refractivity contribution in [1.29, 1.82) is 0 Å². The van der Waals surface area contributed by atoms with Crippen LogP contribution in [0.5, 0.6) is 5.75 Å². The second-order valence-electron chi connectivity index (χ2n) is 3.94. The Bertz CT molecular complexity index is 523. The van der Waals surface area contributed by atoms with Crippen LogP contribution >= 0.6 is 0 Å². The zero-order valence-electron chi connectivity index (χ0n) is 10.6. The molecule has 0 aliphatic rings. The molecule has 0 radical (unpaired) electrons. The van der Waals surface area contributed by atoms with Crippen molar-refractivity contribution in [3.05, 3.63) is 30.0 Å². The summed E-state index contributed by atoms with van der Waals surface area (Å²) in [6, 6.07) is 7.76. The molecule has 2 aromatic rings. The molecule has 0 atom stereocenters. The molecule has 3 N–H and O–H groups in total. The number of nitrogens with two attached hydrogens (primary N) is 1. The van der Waals surface area contributed by atoms with E-state index < -0.39 is 0 Å². The van der Waals surface area contributed by atoms with Crippen LogP contribution in [-0.4, -0.2) is 31.0 Å². The summed E-state index contributed by atoms with van der Waals surface area (Å²) in [5.41, 5.74) is 8.80. The van der Waals surface area contributed by atoms with Crippen LogP contribution < -0.4 is 10.5 Å². The van der Waals surface area contributed by atoms with Crippen molar-refractivity contribution < 1.29 is 9.47 Å². The fourth-order valence-electron chi connectivity index (χ4n) is 1.88. The zero-order valence-corrected chi connectivity index (χ0v) is 10.6. The number of anilines is 1. The molecule has 18 heavy (non-hydrogen) atoms. The number of nitrogen functional groups attached to an aromatic ring is 1. The normalized spacial score (nSPS) is 10.6. The van der Waals surface area contributed by atoms with Gasteiger partial charge in [-0.2, -0.15) is 5.10 Å². The van der Waals surface area contributed by atoms with Gasteiger partial charge in [0.25, 0.3) is 0 Å². The number of benzene rings is 1. The molecule has 1 heterocycles. The molecule has 0 aliphatic carbocycles. The lowest BCUT2D eigenvalue weighted by atomic mass is 10.0. The minimum absolute atomic E-state index is 0.495. The van der Waals surface area contributed by atoms with Crippen LogP contribution in [0.4, 0.5) is 5.82 Å². The predicted octanol–water partition coefficient (Wildman–Crippen LogP) is 1.86. The molecule has 1 aromatic heterocycles. The Morgan fingerprint density at radius 3 is 2.89 bits per heavy atom. The number of nitrogens with one attached hydrogen (secondary N) is 1. The number of aromatic nitrogens is 2. The molecule has 0 fully saturated rings. The summed E-state index contributed by atoms with van der Waals surface area (Å²) >= 11 is 0. The molecule has 0 unspecified atom stereocenters. The van der Waals surface area contributed by atoms with Crippen LogP contribution in [0, 0.1) is 0 Å². The molecule has 0 aliphatic heterocycles. The van der Waals surface area contributed by atoms with Crippen molar-refractivity contribution in [2.45, 2.75) is 6.42 Å². The lowest BCUT2D eigenvalue weighted by molar-refractivity contribution is 0.201. The van der Waals surface area contributed by atoms with Crippen molar-refractivity contribution in [1.82, 2.24) is 10.2 Å². The SMILES string of the molecule is COCCc1[nH]nc(N)c1-c1cccc(OC)c1. The van der Waals surface area contributed by atoms with E-state index in [-0.39, 0.29) is 0 Å². The molecular formula is C13H17N3O2. The van der Waals surface area contributed by atoms with E-state index in [0.29, 0.717) is 12.4 Å². The molecular weight excluding hydrogens is 230 g/mol. The monoisotopic (exact) mass is 247 g/mol. The van der Waals surface area contributed by atoms with Crippen LogP contribution in [-0.2, 0) is 11.2 Å². The van der Waals surface area contributed by atoms with E-state index in [1.165, 1.54) is 0 Å². The van der Waals surface area contributed by atoms with Gasteiger partial charge in [-0.15, -0.1) is 0 Å². The number of methoxy groups -OCH3 is 2. The van der Waals surface area contributed by atoms with Crippen molar-refractivity contribution in [2.24, 2.45) is 0 Å². The van der Waals surface area contributed by atoms with E-state index in [4.69, 9.17) is 15.2 Å². The Labute approximate surface area is 106 Å². The topological polar surface area (TPSA) is 73.2 Å². The highest BCUT2D eigenvalue weighted by Crippen LogP contribution is 2.30. The first-order chi connectivity index (χ1) is 8.76. The molecule has 0 spiro atoms. The third kappa shape index (κ3) is 2.46. The van der Waals surface area contributed by atoms with E-state index in [9.17, 15) is 0 Å². The second kappa shape index (κ2) is 5.55. The maximum atomic E-state index is 5.91. The van der Waals surface area contributed by atoms with Gasteiger partial charge in [-0.1, -0.05) is 12.1 Å². The molecule has 5 heteroatoms. The Morgan fingerprint density at radius 2 is 2.17 bits per heavy atom. The third-order valence-corrected chi connectivity index (χ3v) is 2.78. The number of nitrogens with zero attached hydrogens (tertiary/aromatic N) is 1. The fraction of sp³-hybridized carbons (Fsp3) is 0.308. The maximum absolute atomic E-state index is 5.91. The van der Waals surface area contributed by atoms with Gasteiger partial charge in [0.2, 0.25) is 0 Å². The van der Waals surface area contributed by atoms with Crippen molar-refractivity contribution in [3.8, 4) is 16.9 Å². The van der Waals surface area contributed by atoms with Gasteiger partial charge in [0, 0.05) is 24.8 Å². The van der Waals surface area contributed by atoms with Gasteiger partial charge < -0.3 is 15.2 Å². The van der Waals surface area contributed by atoms with Gasteiger partial charge in [0.1, 0.15) is 5.75 Å². The highest BCUT2D eigenvalue weighted by molar-refractivity contribution is 5.77. The Hall–Kier alpha value is -2.01. The standard InChI is InChI=1S/C13H17N3O2/c1-17-7-6-11-12(13(14)16-15-11)9-4-3-5-10(8-9)18-2/h3-5,8H,6-7H2,1-2H3,(H3,14,15,16). The summed E-state index contributed by atoms with van der Waals surface area (Å²) in [6.07, 6.45) is 0.743. The average molecular weight is 247 g/mol. The lowest BCUT2D eigenvalue weighted by Crippen LogP contribution is -1.97. The smallest absolute Gasteiger partial charge is 0.153 e. The van der Waals surface area contributed by atoms with Crippen molar-refractivity contribution >= 4 is 5.82 Å². The van der Waals surface area contributed by atoms with Crippen LogP contribution in [0.2, 0.25) is 0 Å². The molecule has 0 saturated carbocycles.